The monoisotopic (exact) mass is 516 g/mol. The highest BCUT2D eigenvalue weighted by atomic mass is 32.1. The number of ether oxygens (including phenoxy) is 3. The van der Waals surface area contributed by atoms with Crippen LogP contribution >= 0.6 is 11.3 Å². The van der Waals surface area contributed by atoms with Crippen molar-refractivity contribution < 1.29 is 28.9 Å². The fraction of sp³-hybridized carbons (Fsp3) is 0.179. The summed E-state index contributed by atoms with van der Waals surface area (Å²) in [6.07, 6.45) is 0. The molecular formula is C28H24N2O6S. The Hall–Kier alpha value is -4.37. The number of para-hydroxylation sites is 1. The van der Waals surface area contributed by atoms with Crippen LogP contribution in [0.4, 0.5) is 5.13 Å². The van der Waals surface area contributed by atoms with Gasteiger partial charge in [0.15, 0.2) is 16.6 Å². The summed E-state index contributed by atoms with van der Waals surface area (Å²) in [7, 11) is 4.59. The summed E-state index contributed by atoms with van der Waals surface area (Å²) in [4.78, 5) is 32.6. The van der Waals surface area contributed by atoms with Crippen molar-refractivity contribution >= 4 is 44.7 Å². The number of fused-ring (bicyclic) bond motifs is 1. The average Bonchev–Trinajstić information content (AvgIpc) is 3.46. The molecule has 1 unspecified atom stereocenters. The normalized spacial score (nSPS) is 16.9. The molecule has 1 N–H and O–H groups in total. The lowest BCUT2D eigenvalue weighted by molar-refractivity contribution is -0.132. The van der Waals surface area contributed by atoms with E-state index in [1.165, 1.54) is 30.5 Å². The number of rotatable bonds is 6. The van der Waals surface area contributed by atoms with Crippen LogP contribution in [0.25, 0.3) is 16.5 Å². The molecule has 37 heavy (non-hydrogen) atoms. The lowest BCUT2D eigenvalue weighted by Gasteiger charge is -2.25. The standard InChI is InChI=1S/C28H24N2O6S/c1-15-14-37-28(29-15)30-23(20-6-5-7-21(35-3)26(20)36-4)22(25(32)27(30)33)24(31)18-9-8-17-13-19(34-2)11-10-16(17)12-18/h5-14,23,31H,1-4H3/b24-22+. The number of thiazole rings is 1. The number of aliphatic hydroxyl groups excluding tert-OH is 1. The van der Waals surface area contributed by atoms with E-state index in [1.54, 1.807) is 42.8 Å². The maximum absolute atomic E-state index is 13.5. The molecule has 8 nitrogen and oxygen atoms in total. The first-order valence-corrected chi connectivity index (χ1v) is 12.3. The summed E-state index contributed by atoms with van der Waals surface area (Å²) in [6, 6.07) is 15.1. The number of aliphatic hydroxyl groups is 1. The second kappa shape index (κ2) is 9.59. The van der Waals surface area contributed by atoms with Gasteiger partial charge in [-0.25, -0.2) is 4.98 Å². The molecule has 4 aromatic rings. The number of ketones is 1. The Balaban J connectivity index is 1.75. The highest BCUT2D eigenvalue weighted by molar-refractivity contribution is 7.14. The number of anilines is 1. The number of hydrogen-bond donors (Lipinski definition) is 1. The number of carbonyl (C=O) groups is 2. The van der Waals surface area contributed by atoms with E-state index >= 15 is 0 Å². The van der Waals surface area contributed by atoms with Crippen LogP contribution < -0.4 is 19.1 Å². The number of amides is 1. The minimum atomic E-state index is -0.984. The van der Waals surface area contributed by atoms with E-state index in [-0.39, 0.29) is 11.3 Å². The van der Waals surface area contributed by atoms with Gasteiger partial charge in [0.1, 0.15) is 17.6 Å². The minimum absolute atomic E-state index is 0.0581. The fourth-order valence-electron chi connectivity index (χ4n) is 4.56. The maximum atomic E-state index is 13.5. The van der Waals surface area contributed by atoms with Crippen molar-refractivity contribution in [3.8, 4) is 17.2 Å². The molecule has 1 atom stereocenters. The number of aryl methyl sites for hydroxylation is 1. The van der Waals surface area contributed by atoms with Crippen LogP contribution in [0.5, 0.6) is 17.2 Å². The van der Waals surface area contributed by atoms with Gasteiger partial charge >= 0.3 is 5.91 Å². The van der Waals surface area contributed by atoms with Gasteiger partial charge in [-0.3, -0.25) is 14.5 Å². The number of Topliss-reactive ketones (excluding diaryl/α,β-unsaturated/α-hetero) is 1. The molecule has 3 aromatic carbocycles. The maximum Gasteiger partial charge on any atom is 0.301 e. The third kappa shape index (κ3) is 4.07. The van der Waals surface area contributed by atoms with E-state index in [1.807, 2.05) is 31.2 Å². The van der Waals surface area contributed by atoms with Crippen molar-refractivity contribution in [1.29, 1.82) is 0 Å². The predicted octanol–water partition coefficient (Wildman–Crippen LogP) is 5.26. The van der Waals surface area contributed by atoms with Crippen LogP contribution in [0.15, 0.2) is 65.6 Å². The van der Waals surface area contributed by atoms with Crippen LogP contribution in [-0.4, -0.2) is 43.1 Å². The molecule has 1 amide bonds. The Morgan fingerprint density at radius 2 is 1.73 bits per heavy atom. The summed E-state index contributed by atoms with van der Waals surface area (Å²) < 4.78 is 16.4. The zero-order valence-corrected chi connectivity index (χ0v) is 21.5. The Labute approximate surface area is 217 Å². The van der Waals surface area contributed by atoms with Crippen molar-refractivity contribution in [3.05, 3.63) is 82.4 Å². The summed E-state index contributed by atoms with van der Waals surface area (Å²) in [5, 5.41) is 15.4. The van der Waals surface area contributed by atoms with Crippen LogP contribution in [0.1, 0.15) is 22.9 Å². The van der Waals surface area contributed by atoms with Gasteiger partial charge in [-0.15, -0.1) is 11.3 Å². The first-order valence-electron chi connectivity index (χ1n) is 11.4. The molecule has 2 heterocycles. The zero-order valence-electron chi connectivity index (χ0n) is 20.6. The van der Waals surface area contributed by atoms with Crippen molar-refractivity contribution in [1.82, 2.24) is 4.98 Å². The third-order valence-corrected chi connectivity index (χ3v) is 7.26. The number of carbonyl (C=O) groups excluding carboxylic acids is 2. The number of hydrogen-bond acceptors (Lipinski definition) is 8. The number of benzene rings is 3. The molecule has 0 radical (unpaired) electrons. The molecule has 0 aliphatic carbocycles. The smallest absolute Gasteiger partial charge is 0.301 e. The van der Waals surface area contributed by atoms with Crippen LogP contribution in [0, 0.1) is 6.92 Å². The highest BCUT2D eigenvalue weighted by Crippen LogP contribution is 2.47. The number of methoxy groups -OCH3 is 3. The van der Waals surface area contributed by atoms with E-state index in [0.717, 1.165) is 10.8 Å². The Kier molecular flexibility index (Phi) is 6.31. The summed E-state index contributed by atoms with van der Waals surface area (Å²) >= 11 is 1.24. The molecule has 0 bridgehead atoms. The summed E-state index contributed by atoms with van der Waals surface area (Å²) in [6.45, 7) is 1.81. The molecule has 9 heteroatoms. The second-order valence-electron chi connectivity index (χ2n) is 8.45. The molecule has 1 aliphatic heterocycles. The molecule has 5 rings (SSSR count). The molecule has 188 valence electrons. The molecule has 1 aliphatic rings. The molecule has 0 saturated carbocycles. The van der Waals surface area contributed by atoms with Crippen LogP contribution in [-0.2, 0) is 9.59 Å². The fourth-order valence-corrected chi connectivity index (χ4v) is 5.38. The zero-order chi connectivity index (χ0) is 26.3. The van der Waals surface area contributed by atoms with Gasteiger partial charge in [0.25, 0.3) is 5.78 Å². The average molecular weight is 517 g/mol. The quantitative estimate of drug-likeness (QED) is 0.212. The second-order valence-corrected chi connectivity index (χ2v) is 9.29. The molecule has 1 saturated heterocycles. The van der Waals surface area contributed by atoms with Crippen molar-refractivity contribution in [3.63, 3.8) is 0 Å². The summed E-state index contributed by atoms with van der Waals surface area (Å²) in [5.74, 6) is -0.390. The van der Waals surface area contributed by atoms with Gasteiger partial charge in [0.2, 0.25) is 0 Å². The third-order valence-electron chi connectivity index (χ3n) is 6.31. The number of aromatic nitrogens is 1. The summed E-state index contributed by atoms with van der Waals surface area (Å²) in [5.41, 5.74) is 1.54. The van der Waals surface area contributed by atoms with Crippen LogP contribution in [0.2, 0.25) is 0 Å². The molecule has 0 spiro atoms. The Bertz CT molecular complexity index is 1570. The van der Waals surface area contributed by atoms with Gasteiger partial charge in [-0.05, 0) is 42.0 Å². The van der Waals surface area contributed by atoms with E-state index in [4.69, 9.17) is 14.2 Å². The topological polar surface area (TPSA) is 98.2 Å². The molecule has 1 aromatic heterocycles. The molecular weight excluding hydrogens is 492 g/mol. The molecule has 1 fully saturated rings. The van der Waals surface area contributed by atoms with Crippen LogP contribution in [0.3, 0.4) is 0 Å². The van der Waals surface area contributed by atoms with Crippen molar-refractivity contribution in [2.24, 2.45) is 0 Å². The first-order chi connectivity index (χ1) is 17.9. The van der Waals surface area contributed by atoms with E-state index in [0.29, 0.717) is 39.2 Å². The van der Waals surface area contributed by atoms with Gasteiger partial charge in [-0.1, -0.05) is 30.3 Å². The SMILES string of the molecule is COc1ccc2cc(/C(O)=C3\C(=O)C(=O)N(c4nc(C)cs4)C3c3cccc(OC)c3OC)ccc2c1. The van der Waals surface area contributed by atoms with Gasteiger partial charge in [0.05, 0.1) is 32.6 Å². The first kappa shape index (κ1) is 24.3. The highest BCUT2D eigenvalue weighted by Gasteiger charge is 2.49. The Morgan fingerprint density at radius 1 is 0.973 bits per heavy atom. The lowest BCUT2D eigenvalue weighted by atomic mass is 9.93. The minimum Gasteiger partial charge on any atom is -0.507 e. The van der Waals surface area contributed by atoms with Crippen molar-refractivity contribution in [2.75, 3.05) is 26.2 Å². The van der Waals surface area contributed by atoms with Gasteiger partial charge < -0.3 is 19.3 Å². The van der Waals surface area contributed by atoms with E-state index in [9.17, 15) is 14.7 Å². The van der Waals surface area contributed by atoms with E-state index < -0.39 is 17.7 Å². The van der Waals surface area contributed by atoms with Crippen molar-refractivity contribution in [2.45, 2.75) is 13.0 Å². The van der Waals surface area contributed by atoms with E-state index in [2.05, 4.69) is 4.98 Å². The lowest BCUT2D eigenvalue weighted by Crippen LogP contribution is -2.29. The van der Waals surface area contributed by atoms with Gasteiger partial charge in [0, 0.05) is 16.5 Å². The predicted molar refractivity (Wildman–Crippen MR) is 142 cm³/mol. The number of nitrogens with zero attached hydrogens (tertiary/aromatic N) is 2. The Morgan fingerprint density at radius 3 is 2.41 bits per heavy atom. The largest absolute Gasteiger partial charge is 0.507 e. The van der Waals surface area contributed by atoms with Gasteiger partial charge in [-0.2, -0.15) is 0 Å².